The maximum atomic E-state index is 13.4. The van der Waals surface area contributed by atoms with Crippen LogP contribution in [0.1, 0.15) is 28.7 Å². The molecule has 2 heterocycles. The van der Waals surface area contributed by atoms with E-state index in [1.165, 1.54) is 28.6 Å². The van der Waals surface area contributed by atoms with Gasteiger partial charge in [0.2, 0.25) is 5.89 Å². The van der Waals surface area contributed by atoms with Gasteiger partial charge in [-0.3, -0.25) is 4.31 Å². The number of para-hydroxylation sites is 1. The van der Waals surface area contributed by atoms with Crippen LogP contribution in [0.15, 0.2) is 88.2 Å². The number of nitrogens with zero attached hydrogens (tertiary/aromatic N) is 3. The van der Waals surface area contributed by atoms with E-state index in [0.29, 0.717) is 18.0 Å². The molecule has 1 atom stereocenters. The van der Waals surface area contributed by atoms with Crippen molar-refractivity contribution in [2.24, 2.45) is 0 Å². The number of esters is 1. The molecule has 9 heteroatoms. The summed E-state index contributed by atoms with van der Waals surface area (Å²) in [6.45, 7) is 1.63. The molecule has 4 aromatic rings. The number of ether oxygens (including phenoxy) is 1. The monoisotopic (exact) mass is 475 g/mol. The third-order valence-corrected chi connectivity index (χ3v) is 7.51. The smallest absolute Gasteiger partial charge is 0.338 e. The molecule has 172 valence electrons. The molecule has 0 bridgehead atoms. The number of carbonyl (C=O) groups excluding carboxylic acids is 1. The first-order valence-corrected chi connectivity index (χ1v) is 12.1. The molecule has 0 fully saturated rings. The summed E-state index contributed by atoms with van der Waals surface area (Å²) in [7, 11) is -3.87. The van der Waals surface area contributed by atoms with Gasteiger partial charge in [-0.1, -0.05) is 42.5 Å². The minimum atomic E-state index is -3.87. The van der Waals surface area contributed by atoms with Crippen LogP contribution < -0.4 is 4.31 Å². The van der Waals surface area contributed by atoms with Gasteiger partial charge in [0.05, 0.1) is 16.1 Å². The number of benzene rings is 3. The van der Waals surface area contributed by atoms with Crippen molar-refractivity contribution in [2.75, 3.05) is 4.31 Å². The predicted octanol–water partition coefficient (Wildman–Crippen LogP) is 4.23. The summed E-state index contributed by atoms with van der Waals surface area (Å²) in [5, 5.41) is 7.86. The fourth-order valence-corrected chi connectivity index (χ4v) is 5.76. The van der Waals surface area contributed by atoms with Crippen LogP contribution in [0.2, 0.25) is 0 Å². The van der Waals surface area contributed by atoms with Crippen molar-refractivity contribution in [2.45, 2.75) is 30.9 Å². The van der Waals surface area contributed by atoms with Gasteiger partial charge < -0.3 is 9.15 Å². The highest BCUT2D eigenvalue weighted by atomic mass is 32.2. The quantitative estimate of drug-likeness (QED) is 0.385. The maximum absolute atomic E-state index is 13.4. The molecule has 1 aliphatic rings. The Balaban J connectivity index is 1.32. The van der Waals surface area contributed by atoms with Crippen LogP contribution in [0, 0.1) is 0 Å². The zero-order valence-electron chi connectivity index (χ0n) is 18.3. The lowest BCUT2D eigenvalue weighted by Crippen LogP contribution is -2.35. The van der Waals surface area contributed by atoms with Gasteiger partial charge in [-0.05, 0) is 55.3 Å². The van der Waals surface area contributed by atoms with E-state index in [1.807, 2.05) is 55.5 Å². The van der Waals surface area contributed by atoms with Crippen molar-refractivity contribution in [1.29, 1.82) is 0 Å². The van der Waals surface area contributed by atoms with E-state index in [2.05, 4.69) is 10.2 Å². The minimum Gasteiger partial charge on any atom is -0.452 e. The third-order valence-electron chi connectivity index (χ3n) is 5.59. The van der Waals surface area contributed by atoms with Crippen molar-refractivity contribution in [3.63, 3.8) is 0 Å². The number of carbonyl (C=O) groups is 1. The summed E-state index contributed by atoms with van der Waals surface area (Å²) < 4.78 is 39.1. The molecule has 0 radical (unpaired) electrons. The largest absolute Gasteiger partial charge is 0.452 e. The molecule has 5 rings (SSSR count). The second-order valence-corrected chi connectivity index (χ2v) is 9.77. The molecule has 1 unspecified atom stereocenters. The Morgan fingerprint density at radius 1 is 1.03 bits per heavy atom. The van der Waals surface area contributed by atoms with Gasteiger partial charge in [0.1, 0.15) is 0 Å². The lowest BCUT2D eigenvalue weighted by Gasteiger charge is -2.24. The number of aromatic nitrogens is 2. The third kappa shape index (κ3) is 4.06. The average Bonchev–Trinajstić information content (AvgIpc) is 3.47. The fourth-order valence-electron chi connectivity index (χ4n) is 4.02. The highest BCUT2D eigenvalue weighted by Crippen LogP contribution is 2.36. The van der Waals surface area contributed by atoms with E-state index < -0.39 is 16.0 Å². The number of sulfonamides is 1. The number of hydrogen-bond acceptors (Lipinski definition) is 7. The highest BCUT2D eigenvalue weighted by Gasteiger charge is 2.36. The number of rotatable bonds is 6. The SMILES string of the molecule is CC1Cc2ccccc2N1S(=O)(=O)c1cccc(C(=O)OCc2nnc(-c3ccccc3)o2)c1. The molecular weight excluding hydrogens is 454 g/mol. The van der Waals surface area contributed by atoms with E-state index in [9.17, 15) is 13.2 Å². The number of fused-ring (bicyclic) bond motifs is 1. The van der Waals surface area contributed by atoms with Crippen molar-refractivity contribution < 1.29 is 22.4 Å². The second-order valence-electron chi connectivity index (χ2n) is 7.95. The van der Waals surface area contributed by atoms with Crippen molar-refractivity contribution in [1.82, 2.24) is 10.2 Å². The summed E-state index contributed by atoms with van der Waals surface area (Å²) in [5.74, 6) is -0.232. The van der Waals surface area contributed by atoms with Crippen molar-refractivity contribution in [3.05, 3.63) is 95.9 Å². The topological polar surface area (TPSA) is 103 Å². The first-order valence-electron chi connectivity index (χ1n) is 10.7. The minimum absolute atomic E-state index is 0.0228. The molecule has 0 aliphatic carbocycles. The molecule has 1 aliphatic heterocycles. The van der Waals surface area contributed by atoms with Gasteiger partial charge in [-0.15, -0.1) is 10.2 Å². The Bertz CT molecular complexity index is 1450. The molecule has 3 aromatic carbocycles. The first-order chi connectivity index (χ1) is 16.4. The second kappa shape index (κ2) is 8.75. The molecule has 0 amide bonds. The Labute approximate surface area is 196 Å². The van der Waals surface area contributed by atoms with E-state index in [-0.39, 0.29) is 29.0 Å². The van der Waals surface area contributed by atoms with Gasteiger partial charge in [0.15, 0.2) is 6.61 Å². The zero-order chi connectivity index (χ0) is 23.7. The van der Waals surface area contributed by atoms with Gasteiger partial charge in [-0.25, -0.2) is 13.2 Å². The van der Waals surface area contributed by atoms with E-state index in [4.69, 9.17) is 9.15 Å². The summed E-state index contributed by atoms with van der Waals surface area (Å²) in [5.41, 5.74) is 2.50. The summed E-state index contributed by atoms with van der Waals surface area (Å²) >= 11 is 0. The molecule has 1 aromatic heterocycles. The van der Waals surface area contributed by atoms with Crippen LogP contribution in [0.5, 0.6) is 0 Å². The molecule has 0 saturated heterocycles. The van der Waals surface area contributed by atoms with Gasteiger partial charge >= 0.3 is 5.97 Å². The van der Waals surface area contributed by atoms with Crippen LogP contribution in [-0.2, 0) is 27.8 Å². The Hall–Kier alpha value is -3.98. The van der Waals surface area contributed by atoms with Gasteiger partial charge in [0, 0.05) is 11.6 Å². The van der Waals surface area contributed by atoms with Crippen LogP contribution in [0.3, 0.4) is 0 Å². The van der Waals surface area contributed by atoms with Crippen LogP contribution >= 0.6 is 0 Å². The predicted molar refractivity (Wildman–Crippen MR) is 125 cm³/mol. The Morgan fingerprint density at radius 3 is 2.62 bits per heavy atom. The van der Waals surface area contributed by atoms with Crippen molar-refractivity contribution >= 4 is 21.7 Å². The lowest BCUT2D eigenvalue weighted by molar-refractivity contribution is 0.0438. The molecular formula is C25H21N3O5S. The van der Waals surface area contributed by atoms with Gasteiger partial charge in [-0.2, -0.15) is 0 Å². The molecule has 0 N–H and O–H groups in total. The standard InChI is InChI=1S/C25H21N3O5S/c1-17-14-19-10-5-6-13-22(19)28(17)34(30,31)21-12-7-11-20(15-21)25(29)32-16-23-26-27-24(33-23)18-8-3-2-4-9-18/h2-13,15,17H,14,16H2,1H3. The fraction of sp³-hybridized carbons (Fsp3) is 0.160. The molecule has 8 nitrogen and oxygen atoms in total. The highest BCUT2D eigenvalue weighted by molar-refractivity contribution is 7.92. The van der Waals surface area contributed by atoms with Crippen LogP contribution in [0.4, 0.5) is 5.69 Å². The Kier molecular flexibility index (Phi) is 5.62. The van der Waals surface area contributed by atoms with Crippen molar-refractivity contribution in [3.8, 4) is 11.5 Å². The van der Waals surface area contributed by atoms with Crippen LogP contribution in [-0.4, -0.2) is 30.6 Å². The Morgan fingerprint density at radius 2 is 1.79 bits per heavy atom. The van der Waals surface area contributed by atoms with E-state index in [1.54, 1.807) is 6.07 Å². The lowest BCUT2D eigenvalue weighted by atomic mass is 10.1. The van der Waals surface area contributed by atoms with Crippen LogP contribution in [0.25, 0.3) is 11.5 Å². The molecule has 0 spiro atoms. The molecule has 34 heavy (non-hydrogen) atoms. The first kappa shape index (κ1) is 21.8. The zero-order valence-corrected chi connectivity index (χ0v) is 19.1. The normalized spacial score (nSPS) is 15.2. The maximum Gasteiger partial charge on any atom is 0.338 e. The number of anilines is 1. The van der Waals surface area contributed by atoms with E-state index in [0.717, 1.165) is 11.1 Å². The summed E-state index contributed by atoms with van der Waals surface area (Å²) in [6, 6.07) is 22.3. The summed E-state index contributed by atoms with van der Waals surface area (Å²) in [4.78, 5) is 12.7. The summed E-state index contributed by atoms with van der Waals surface area (Å²) in [6.07, 6.45) is 0.631. The molecule has 0 saturated carbocycles. The van der Waals surface area contributed by atoms with Gasteiger partial charge in [0.25, 0.3) is 15.9 Å². The number of hydrogen-bond donors (Lipinski definition) is 0. The average molecular weight is 476 g/mol. The van der Waals surface area contributed by atoms with E-state index >= 15 is 0 Å².